The van der Waals surface area contributed by atoms with E-state index in [9.17, 15) is 0 Å². The van der Waals surface area contributed by atoms with Crippen LogP contribution in [0.3, 0.4) is 0 Å². The van der Waals surface area contributed by atoms with Crippen LogP contribution in [0.1, 0.15) is 33.6 Å². The number of aryl methyl sites for hydroxylation is 1. The van der Waals surface area contributed by atoms with Gasteiger partial charge >= 0.3 is 0 Å². The minimum atomic E-state index is 0.545. The zero-order valence-electron chi connectivity index (χ0n) is 9.98. The maximum absolute atomic E-state index is 4.08. The number of nitrogens with zero attached hydrogens (tertiary/aromatic N) is 3. The van der Waals surface area contributed by atoms with Crippen molar-refractivity contribution in [1.29, 1.82) is 0 Å². The standard InChI is InChI=1S/C11H22N4/c1-4-10(2)7-13-11(3)5-6-15-9-12-8-14-15/h8-11,13H,4-7H2,1-3H3. The van der Waals surface area contributed by atoms with Crippen LogP contribution >= 0.6 is 0 Å². The molecule has 2 atom stereocenters. The Bertz CT molecular complexity index is 245. The molecule has 0 amide bonds. The molecule has 0 saturated carbocycles. The molecule has 1 rings (SSSR count). The lowest BCUT2D eigenvalue weighted by molar-refractivity contribution is 0.414. The van der Waals surface area contributed by atoms with Gasteiger partial charge in [0.05, 0.1) is 0 Å². The van der Waals surface area contributed by atoms with E-state index in [4.69, 9.17) is 0 Å². The summed E-state index contributed by atoms with van der Waals surface area (Å²) in [7, 11) is 0. The maximum Gasteiger partial charge on any atom is 0.137 e. The molecule has 0 aliphatic rings. The van der Waals surface area contributed by atoms with Crippen molar-refractivity contribution in [3.63, 3.8) is 0 Å². The average molecular weight is 210 g/mol. The molecular weight excluding hydrogens is 188 g/mol. The Kier molecular flexibility index (Phi) is 5.32. The van der Waals surface area contributed by atoms with Crippen LogP contribution in [0, 0.1) is 5.92 Å². The van der Waals surface area contributed by atoms with Crippen molar-refractivity contribution in [2.24, 2.45) is 5.92 Å². The molecule has 4 heteroatoms. The van der Waals surface area contributed by atoms with Crippen molar-refractivity contribution in [2.45, 2.75) is 46.2 Å². The molecule has 0 radical (unpaired) electrons. The van der Waals surface area contributed by atoms with Crippen LogP contribution in [0.2, 0.25) is 0 Å². The monoisotopic (exact) mass is 210 g/mol. The van der Waals surface area contributed by atoms with Crippen LogP contribution < -0.4 is 5.32 Å². The fourth-order valence-corrected chi connectivity index (χ4v) is 1.32. The first-order valence-electron chi connectivity index (χ1n) is 5.78. The molecule has 1 aromatic heterocycles. The molecule has 0 fully saturated rings. The second-order valence-corrected chi connectivity index (χ2v) is 4.27. The van der Waals surface area contributed by atoms with Gasteiger partial charge in [-0.1, -0.05) is 20.3 Å². The first-order chi connectivity index (χ1) is 7.22. The van der Waals surface area contributed by atoms with Gasteiger partial charge in [-0.15, -0.1) is 0 Å². The van der Waals surface area contributed by atoms with Gasteiger partial charge in [-0.3, -0.25) is 4.68 Å². The predicted octanol–water partition coefficient (Wildman–Crippen LogP) is 1.69. The number of nitrogens with one attached hydrogen (secondary N) is 1. The van der Waals surface area contributed by atoms with E-state index in [1.807, 2.05) is 4.68 Å². The van der Waals surface area contributed by atoms with Crippen molar-refractivity contribution in [3.05, 3.63) is 12.7 Å². The van der Waals surface area contributed by atoms with Crippen molar-refractivity contribution in [1.82, 2.24) is 20.1 Å². The van der Waals surface area contributed by atoms with E-state index in [1.165, 1.54) is 6.42 Å². The largest absolute Gasteiger partial charge is 0.314 e. The highest BCUT2D eigenvalue weighted by molar-refractivity contribution is 4.64. The molecule has 2 unspecified atom stereocenters. The summed E-state index contributed by atoms with van der Waals surface area (Å²) in [5.41, 5.74) is 0. The lowest BCUT2D eigenvalue weighted by atomic mass is 10.1. The molecule has 0 spiro atoms. The zero-order chi connectivity index (χ0) is 11.1. The van der Waals surface area contributed by atoms with Crippen LogP contribution in [0.25, 0.3) is 0 Å². The third-order valence-corrected chi connectivity index (χ3v) is 2.77. The third kappa shape index (κ3) is 4.93. The zero-order valence-corrected chi connectivity index (χ0v) is 9.98. The number of hydrogen-bond acceptors (Lipinski definition) is 3. The smallest absolute Gasteiger partial charge is 0.137 e. The molecule has 0 aliphatic heterocycles. The van der Waals surface area contributed by atoms with E-state index >= 15 is 0 Å². The van der Waals surface area contributed by atoms with Gasteiger partial charge < -0.3 is 5.32 Å². The van der Waals surface area contributed by atoms with Crippen molar-refractivity contribution in [2.75, 3.05) is 6.54 Å². The molecule has 1 heterocycles. The van der Waals surface area contributed by atoms with Gasteiger partial charge in [0.15, 0.2) is 0 Å². The summed E-state index contributed by atoms with van der Waals surface area (Å²) >= 11 is 0. The molecule has 0 aliphatic carbocycles. The van der Waals surface area contributed by atoms with Crippen LogP contribution in [0.4, 0.5) is 0 Å². The molecule has 0 saturated heterocycles. The van der Waals surface area contributed by atoms with Crippen molar-refractivity contribution in [3.8, 4) is 0 Å². The summed E-state index contributed by atoms with van der Waals surface area (Å²) in [5.74, 6) is 0.763. The SMILES string of the molecule is CCC(C)CNC(C)CCn1cncn1. The van der Waals surface area contributed by atoms with Crippen LogP contribution in [-0.4, -0.2) is 27.4 Å². The van der Waals surface area contributed by atoms with Gasteiger partial charge in [-0.05, 0) is 25.8 Å². The number of hydrogen-bond donors (Lipinski definition) is 1. The topological polar surface area (TPSA) is 42.7 Å². The molecule has 0 bridgehead atoms. The van der Waals surface area contributed by atoms with Crippen LogP contribution in [0.5, 0.6) is 0 Å². The summed E-state index contributed by atoms with van der Waals surface area (Å²) in [6.45, 7) is 8.77. The fraction of sp³-hybridized carbons (Fsp3) is 0.818. The lowest BCUT2D eigenvalue weighted by Crippen LogP contribution is -2.31. The van der Waals surface area contributed by atoms with Gasteiger partial charge in [0.2, 0.25) is 0 Å². The van der Waals surface area contributed by atoms with E-state index in [0.29, 0.717) is 6.04 Å². The predicted molar refractivity (Wildman–Crippen MR) is 61.6 cm³/mol. The van der Waals surface area contributed by atoms with Crippen LogP contribution in [0.15, 0.2) is 12.7 Å². The lowest BCUT2D eigenvalue weighted by Gasteiger charge is -2.16. The highest BCUT2D eigenvalue weighted by Gasteiger charge is 2.04. The molecule has 1 aromatic rings. The molecule has 0 aromatic carbocycles. The Morgan fingerprint density at radius 2 is 2.20 bits per heavy atom. The highest BCUT2D eigenvalue weighted by atomic mass is 15.3. The molecule has 86 valence electrons. The second kappa shape index (κ2) is 6.56. The Hall–Kier alpha value is -0.900. The first-order valence-corrected chi connectivity index (χ1v) is 5.78. The minimum absolute atomic E-state index is 0.545. The first kappa shape index (κ1) is 12.2. The molecule has 4 nitrogen and oxygen atoms in total. The Morgan fingerprint density at radius 3 is 2.80 bits per heavy atom. The maximum atomic E-state index is 4.08. The van der Waals surface area contributed by atoms with E-state index in [-0.39, 0.29) is 0 Å². The van der Waals surface area contributed by atoms with Gasteiger partial charge in [0.1, 0.15) is 12.7 Å². The van der Waals surface area contributed by atoms with E-state index in [0.717, 1.165) is 25.4 Å². The summed E-state index contributed by atoms with van der Waals surface area (Å²) in [6.07, 6.45) is 5.68. The fourth-order valence-electron chi connectivity index (χ4n) is 1.32. The molecule has 15 heavy (non-hydrogen) atoms. The van der Waals surface area contributed by atoms with Crippen LogP contribution in [-0.2, 0) is 6.54 Å². The van der Waals surface area contributed by atoms with Gasteiger partial charge in [-0.2, -0.15) is 5.10 Å². The van der Waals surface area contributed by atoms with Gasteiger partial charge in [0, 0.05) is 12.6 Å². The molecule has 1 N–H and O–H groups in total. The number of rotatable bonds is 7. The van der Waals surface area contributed by atoms with Gasteiger partial charge in [-0.25, -0.2) is 4.98 Å². The van der Waals surface area contributed by atoms with E-state index < -0.39 is 0 Å². The molecular formula is C11H22N4. The summed E-state index contributed by atoms with van der Waals surface area (Å²) in [4.78, 5) is 3.92. The minimum Gasteiger partial charge on any atom is -0.314 e. The van der Waals surface area contributed by atoms with E-state index in [2.05, 4.69) is 36.2 Å². The average Bonchev–Trinajstić information content (AvgIpc) is 2.75. The van der Waals surface area contributed by atoms with Gasteiger partial charge in [0.25, 0.3) is 0 Å². The summed E-state index contributed by atoms with van der Waals surface area (Å²) in [5, 5.41) is 7.61. The van der Waals surface area contributed by atoms with Crippen molar-refractivity contribution >= 4 is 0 Å². The summed E-state index contributed by atoms with van der Waals surface area (Å²) < 4.78 is 1.88. The summed E-state index contributed by atoms with van der Waals surface area (Å²) in [6, 6.07) is 0.545. The quantitative estimate of drug-likeness (QED) is 0.744. The Labute approximate surface area is 92.1 Å². The normalized spacial score (nSPS) is 15.1. The Morgan fingerprint density at radius 1 is 1.40 bits per heavy atom. The third-order valence-electron chi connectivity index (χ3n) is 2.77. The Balaban J connectivity index is 2.11. The van der Waals surface area contributed by atoms with Crippen molar-refractivity contribution < 1.29 is 0 Å². The second-order valence-electron chi connectivity index (χ2n) is 4.27. The number of aromatic nitrogens is 3. The highest BCUT2D eigenvalue weighted by Crippen LogP contribution is 2.00. The van der Waals surface area contributed by atoms with E-state index in [1.54, 1.807) is 12.7 Å².